The summed E-state index contributed by atoms with van der Waals surface area (Å²) in [6.45, 7) is 3.27. The van der Waals surface area contributed by atoms with Crippen LogP contribution in [0.3, 0.4) is 0 Å². The van der Waals surface area contributed by atoms with Gasteiger partial charge < -0.3 is 11.1 Å². The smallest absolute Gasteiger partial charge is 0.370 e. The third-order valence-electron chi connectivity index (χ3n) is 2.49. The van der Waals surface area contributed by atoms with E-state index in [0.717, 1.165) is 12.8 Å². The molecule has 0 aliphatic carbocycles. The van der Waals surface area contributed by atoms with Gasteiger partial charge in [0, 0.05) is 19.5 Å². The fourth-order valence-corrected chi connectivity index (χ4v) is 1.46. The molecule has 0 spiro atoms. The summed E-state index contributed by atoms with van der Waals surface area (Å²) in [5.41, 5.74) is 5.57. The molecular weight excluding hydrogens is 370 g/mol. The molecule has 0 aliphatic heterocycles. The van der Waals surface area contributed by atoms with Crippen LogP contribution >= 0.6 is 24.0 Å². The van der Waals surface area contributed by atoms with Crippen LogP contribution in [0.25, 0.3) is 0 Å². The molecule has 0 heterocycles. The number of guanidine groups is 1. The molecule has 0 saturated carbocycles. The molecule has 0 aromatic heterocycles. The van der Waals surface area contributed by atoms with Crippen molar-refractivity contribution in [3.05, 3.63) is 0 Å². The van der Waals surface area contributed by atoms with E-state index < -0.39 is 12.6 Å². The Balaban J connectivity index is 0. The van der Waals surface area contributed by atoms with E-state index in [4.69, 9.17) is 5.73 Å². The van der Waals surface area contributed by atoms with E-state index in [2.05, 4.69) is 17.2 Å². The predicted molar refractivity (Wildman–Crippen MR) is 84.0 cm³/mol. The van der Waals surface area contributed by atoms with Crippen molar-refractivity contribution in [2.45, 2.75) is 58.0 Å². The molecule has 3 N–H and O–H groups in total. The summed E-state index contributed by atoms with van der Waals surface area (Å²) < 4.78 is 35.5. The standard InChI is InChI=1S/C12H24F3N3.HI/c1-2-3-4-6-9-17-11(16)18-10-7-5-8-12(13,14)15;/h2-10H2,1H3,(H3,16,17,18);1H. The van der Waals surface area contributed by atoms with Crippen LogP contribution in [0.4, 0.5) is 13.2 Å². The summed E-state index contributed by atoms with van der Waals surface area (Å²) in [5.74, 6) is 0.332. The number of nitrogens with one attached hydrogen (secondary N) is 1. The van der Waals surface area contributed by atoms with Crippen LogP contribution in [-0.4, -0.2) is 25.2 Å². The molecule has 0 rings (SSSR count). The van der Waals surface area contributed by atoms with Gasteiger partial charge in [0.25, 0.3) is 0 Å². The molecule has 3 nitrogen and oxygen atoms in total. The molecular formula is C12H25F3IN3. The van der Waals surface area contributed by atoms with Crippen molar-refractivity contribution >= 4 is 29.9 Å². The van der Waals surface area contributed by atoms with Gasteiger partial charge in [0.1, 0.15) is 0 Å². The summed E-state index contributed by atoms with van der Waals surface area (Å²) in [6, 6.07) is 0. The van der Waals surface area contributed by atoms with Crippen LogP contribution in [0.1, 0.15) is 51.9 Å². The number of nitrogens with zero attached hydrogens (tertiary/aromatic N) is 1. The molecule has 0 saturated heterocycles. The maximum atomic E-state index is 11.8. The summed E-state index contributed by atoms with van der Waals surface area (Å²) in [7, 11) is 0. The number of aliphatic imine (C=N–C) groups is 1. The third kappa shape index (κ3) is 17.8. The first-order valence-electron chi connectivity index (χ1n) is 6.56. The van der Waals surface area contributed by atoms with Crippen molar-refractivity contribution in [3.63, 3.8) is 0 Å². The average Bonchev–Trinajstić information content (AvgIpc) is 2.27. The number of alkyl halides is 3. The van der Waals surface area contributed by atoms with E-state index in [1.807, 2.05) is 0 Å². The largest absolute Gasteiger partial charge is 0.389 e. The molecule has 0 amide bonds. The SMILES string of the molecule is CCCCCCN=C(N)NCCCCC(F)(F)F.I. The predicted octanol–water partition coefficient (Wildman–Crippen LogP) is 3.82. The maximum absolute atomic E-state index is 11.8. The lowest BCUT2D eigenvalue weighted by Crippen LogP contribution is -2.32. The van der Waals surface area contributed by atoms with Gasteiger partial charge in [0.2, 0.25) is 0 Å². The van der Waals surface area contributed by atoms with Crippen molar-refractivity contribution < 1.29 is 13.2 Å². The first kappa shape index (κ1) is 21.1. The minimum atomic E-state index is -4.06. The van der Waals surface area contributed by atoms with Gasteiger partial charge in [0.15, 0.2) is 5.96 Å². The third-order valence-corrected chi connectivity index (χ3v) is 2.49. The van der Waals surface area contributed by atoms with Crippen LogP contribution in [0.5, 0.6) is 0 Å². The summed E-state index contributed by atoms with van der Waals surface area (Å²) in [6.07, 6.45) is 0.299. The Labute approximate surface area is 130 Å². The van der Waals surface area contributed by atoms with E-state index in [1.54, 1.807) is 0 Å². The average molecular weight is 395 g/mol. The molecule has 0 radical (unpaired) electrons. The first-order chi connectivity index (χ1) is 8.45. The zero-order valence-electron chi connectivity index (χ0n) is 11.4. The van der Waals surface area contributed by atoms with Gasteiger partial charge in [-0.05, 0) is 19.3 Å². The van der Waals surface area contributed by atoms with Crippen molar-refractivity contribution in [2.24, 2.45) is 10.7 Å². The molecule has 0 aromatic rings. The lowest BCUT2D eigenvalue weighted by atomic mass is 10.2. The Kier molecular flexibility index (Phi) is 14.2. The van der Waals surface area contributed by atoms with Gasteiger partial charge in [-0.25, -0.2) is 0 Å². The lowest BCUT2D eigenvalue weighted by Gasteiger charge is -2.07. The second-order valence-corrected chi connectivity index (χ2v) is 4.33. The fourth-order valence-electron chi connectivity index (χ4n) is 1.46. The van der Waals surface area contributed by atoms with Crippen LogP contribution in [0.15, 0.2) is 4.99 Å². The molecule has 116 valence electrons. The van der Waals surface area contributed by atoms with Gasteiger partial charge in [-0.3, -0.25) is 4.99 Å². The van der Waals surface area contributed by atoms with Crippen LogP contribution in [0, 0.1) is 0 Å². The van der Waals surface area contributed by atoms with Crippen LogP contribution in [0.2, 0.25) is 0 Å². The Morgan fingerprint density at radius 1 is 1.11 bits per heavy atom. The van der Waals surface area contributed by atoms with E-state index in [9.17, 15) is 13.2 Å². The van der Waals surface area contributed by atoms with E-state index in [-0.39, 0.29) is 30.4 Å². The van der Waals surface area contributed by atoms with E-state index >= 15 is 0 Å². The minimum Gasteiger partial charge on any atom is -0.370 e. The van der Waals surface area contributed by atoms with Crippen molar-refractivity contribution in [2.75, 3.05) is 13.1 Å². The van der Waals surface area contributed by atoms with E-state index in [0.29, 0.717) is 25.5 Å². The normalized spacial score (nSPS) is 12.1. The molecule has 0 bridgehead atoms. The molecule has 0 atom stereocenters. The van der Waals surface area contributed by atoms with Gasteiger partial charge >= 0.3 is 6.18 Å². The van der Waals surface area contributed by atoms with Gasteiger partial charge in [-0.1, -0.05) is 26.2 Å². The Morgan fingerprint density at radius 2 is 1.79 bits per heavy atom. The maximum Gasteiger partial charge on any atom is 0.389 e. The minimum absolute atomic E-state index is 0. The highest BCUT2D eigenvalue weighted by molar-refractivity contribution is 14.0. The van der Waals surface area contributed by atoms with Gasteiger partial charge in [-0.15, -0.1) is 24.0 Å². The van der Waals surface area contributed by atoms with Crippen molar-refractivity contribution in [3.8, 4) is 0 Å². The second-order valence-electron chi connectivity index (χ2n) is 4.33. The van der Waals surface area contributed by atoms with E-state index in [1.165, 1.54) is 12.8 Å². The number of unbranched alkanes of at least 4 members (excludes halogenated alkanes) is 4. The Bertz CT molecular complexity index is 233. The number of hydrogen-bond donors (Lipinski definition) is 2. The molecule has 19 heavy (non-hydrogen) atoms. The fraction of sp³-hybridized carbons (Fsp3) is 0.917. The molecule has 7 heteroatoms. The molecule has 0 aromatic carbocycles. The molecule has 0 fully saturated rings. The highest BCUT2D eigenvalue weighted by Gasteiger charge is 2.25. The van der Waals surface area contributed by atoms with Crippen LogP contribution < -0.4 is 11.1 Å². The topological polar surface area (TPSA) is 50.4 Å². The van der Waals surface area contributed by atoms with Crippen LogP contribution in [-0.2, 0) is 0 Å². The number of halogens is 4. The highest BCUT2D eigenvalue weighted by Crippen LogP contribution is 2.21. The summed E-state index contributed by atoms with van der Waals surface area (Å²) >= 11 is 0. The molecule has 0 aliphatic rings. The summed E-state index contributed by atoms with van der Waals surface area (Å²) in [5, 5.41) is 2.82. The molecule has 0 unspecified atom stereocenters. The number of rotatable bonds is 9. The van der Waals surface area contributed by atoms with Gasteiger partial charge in [0.05, 0.1) is 0 Å². The van der Waals surface area contributed by atoms with Crippen molar-refractivity contribution in [1.29, 1.82) is 0 Å². The summed E-state index contributed by atoms with van der Waals surface area (Å²) in [4.78, 5) is 4.10. The zero-order valence-corrected chi connectivity index (χ0v) is 13.8. The lowest BCUT2D eigenvalue weighted by molar-refractivity contribution is -0.135. The first-order valence-corrected chi connectivity index (χ1v) is 6.56. The Hall–Kier alpha value is -0.210. The number of hydrogen-bond acceptors (Lipinski definition) is 1. The van der Waals surface area contributed by atoms with Gasteiger partial charge in [-0.2, -0.15) is 13.2 Å². The second kappa shape index (κ2) is 12.8. The van der Waals surface area contributed by atoms with Crippen molar-refractivity contribution in [1.82, 2.24) is 5.32 Å². The quantitative estimate of drug-likeness (QED) is 0.270. The number of nitrogens with two attached hydrogens (primary N) is 1. The monoisotopic (exact) mass is 395 g/mol. The zero-order chi connectivity index (χ0) is 13.9. The highest BCUT2D eigenvalue weighted by atomic mass is 127. The Morgan fingerprint density at radius 3 is 2.37 bits per heavy atom.